The Morgan fingerprint density at radius 3 is 2.69 bits per heavy atom. The molecule has 2 aliphatic rings. The molecule has 0 spiro atoms. The molecule has 0 saturated carbocycles. The van der Waals surface area contributed by atoms with Crippen LogP contribution in [0.1, 0.15) is 31.7 Å². The Morgan fingerprint density at radius 1 is 1.23 bits per heavy atom. The highest BCUT2D eigenvalue weighted by atomic mass is 19.1. The van der Waals surface area contributed by atoms with Crippen molar-refractivity contribution in [3.05, 3.63) is 35.6 Å². The molecule has 0 bridgehead atoms. The summed E-state index contributed by atoms with van der Waals surface area (Å²) in [6.07, 6.45) is 3.76. The van der Waals surface area contributed by atoms with Gasteiger partial charge < -0.3 is 9.64 Å². The fraction of sp³-hybridized carbons (Fsp3) is 0.667. The van der Waals surface area contributed by atoms with Gasteiger partial charge in [0.25, 0.3) is 0 Å². The molecular formula is C21H31FN2O2. The van der Waals surface area contributed by atoms with Crippen LogP contribution >= 0.6 is 0 Å². The first-order valence-electron chi connectivity index (χ1n) is 9.92. The van der Waals surface area contributed by atoms with Crippen LogP contribution in [0.25, 0.3) is 0 Å². The minimum atomic E-state index is -0.191. The molecule has 26 heavy (non-hydrogen) atoms. The molecule has 144 valence electrons. The van der Waals surface area contributed by atoms with Gasteiger partial charge in [-0.15, -0.1) is 0 Å². The highest BCUT2D eigenvalue weighted by Gasteiger charge is 2.25. The lowest BCUT2D eigenvalue weighted by Crippen LogP contribution is -2.43. The van der Waals surface area contributed by atoms with Crippen LogP contribution in [0, 0.1) is 17.7 Å². The van der Waals surface area contributed by atoms with Crippen molar-refractivity contribution in [2.24, 2.45) is 11.8 Å². The predicted molar refractivity (Wildman–Crippen MR) is 100 cm³/mol. The topological polar surface area (TPSA) is 32.8 Å². The standard InChI is InChI=1S/C21H31FN2O2/c1-17(15-23-9-11-26-12-10-23)13-21(25)24-8-2-3-19(16-24)14-18-4-6-20(22)7-5-18/h4-7,17,19H,2-3,8-16H2,1H3/t17-,19-/m0/s1. The zero-order valence-electron chi connectivity index (χ0n) is 15.8. The normalized spacial score (nSPS) is 23.0. The van der Waals surface area contributed by atoms with Crippen molar-refractivity contribution in [3.63, 3.8) is 0 Å². The molecule has 0 radical (unpaired) electrons. The maximum atomic E-state index is 13.1. The predicted octanol–water partition coefficient (Wildman–Crippen LogP) is 2.97. The molecule has 0 aliphatic carbocycles. The SMILES string of the molecule is C[C@@H](CC(=O)N1CCC[C@@H](Cc2ccc(F)cc2)C1)CN1CCOCC1. The van der Waals surface area contributed by atoms with E-state index in [1.165, 1.54) is 12.1 Å². The molecule has 2 atom stereocenters. The Kier molecular flexibility index (Phi) is 7.03. The number of amides is 1. The number of ether oxygens (including phenoxy) is 1. The summed E-state index contributed by atoms with van der Waals surface area (Å²) < 4.78 is 18.4. The monoisotopic (exact) mass is 362 g/mol. The molecule has 1 aromatic rings. The van der Waals surface area contributed by atoms with Gasteiger partial charge in [-0.2, -0.15) is 0 Å². The Balaban J connectivity index is 1.45. The van der Waals surface area contributed by atoms with E-state index in [0.717, 1.165) is 70.8 Å². The molecule has 1 amide bonds. The highest BCUT2D eigenvalue weighted by molar-refractivity contribution is 5.76. The molecule has 1 aromatic carbocycles. The van der Waals surface area contributed by atoms with E-state index in [4.69, 9.17) is 4.74 Å². The van der Waals surface area contributed by atoms with Gasteiger partial charge in [-0.25, -0.2) is 4.39 Å². The molecule has 2 saturated heterocycles. The molecule has 2 fully saturated rings. The molecule has 4 nitrogen and oxygen atoms in total. The van der Waals surface area contributed by atoms with Crippen LogP contribution in [-0.4, -0.2) is 61.6 Å². The lowest BCUT2D eigenvalue weighted by molar-refractivity contribution is -0.134. The number of piperidine rings is 1. The van der Waals surface area contributed by atoms with Crippen molar-refractivity contribution < 1.29 is 13.9 Å². The van der Waals surface area contributed by atoms with Crippen LogP contribution in [0.2, 0.25) is 0 Å². The Morgan fingerprint density at radius 2 is 1.96 bits per heavy atom. The molecule has 0 unspecified atom stereocenters. The Labute approximate surface area is 156 Å². The third-order valence-corrected chi connectivity index (χ3v) is 5.51. The third-order valence-electron chi connectivity index (χ3n) is 5.51. The number of rotatable bonds is 6. The van der Waals surface area contributed by atoms with Gasteiger partial charge in [0.15, 0.2) is 0 Å². The molecule has 2 aliphatic heterocycles. The van der Waals surface area contributed by atoms with Gasteiger partial charge in [-0.05, 0) is 48.8 Å². The smallest absolute Gasteiger partial charge is 0.222 e. The number of hydrogen-bond donors (Lipinski definition) is 0. The third kappa shape index (κ3) is 5.78. The zero-order chi connectivity index (χ0) is 18.4. The number of nitrogens with zero attached hydrogens (tertiary/aromatic N) is 2. The van der Waals surface area contributed by atoms with Gasteiger partial charge in [-0.3, -0.25) is 9.69 Å². The van der Waals surface area contributed by atoms with Crippen molar-refractivity contribution in [2.75, 3.05) is 45.9 Å². The fourth-order valence-corrected chi connectivity index (χ4v) is 4.13. The number of likely N-dealkylation sites (tertiary alicyclic amines) is 1. The first-order chi connectivity index (χ1) is 12.6. The zero-order valence-corrected chi connectivity index (χ0v) is 15.8. The maximum Gasteiger partial charge on any atom is 0.222 e. The van der Waals surface area contributed by atoms with E-state index in [1.807, 2.05) is 17.0 Å². The number of morpholine rings is 1. The van der Waals surface area contributed by atoms with E-state index in [1.54, 1.807) is 0 Å². The summed E-state index contributed by atoms with van der Waals surface area (Å²) in [6, 6.07) is 6.77. The van der Waals surface area contributed by atoms with E-state index in [-0.39, 0.29) is 11.7 Å². The second kappa shape index (κ2) is 9.47. The summed E-state index contributed by atoms with van der Waals surface area (Å²) in [4.78, 5) is 17.2. The second-order valence-corrected chi connectivity index (χ2v) is 7.90. The Hall–Kier alpha value is -1.46. The molecule has 0 aromatic heterocycles. The minimum absolute atomic E-state index is 0.191. The van der Waals surface area contributed by atoms with Crippen molar-refractivity contribution in [2.45, 2.75) is 32.6 Å². The van der Waals surface area contributed by atoms with Crippen LogP contribution in [-0.2, 0) is 16.0 Å². The summed E-state index contributed by atoms with van der Waals surface area (Å²) in [5.41, 5.74) is 1.16. The summed E-state index contributed by atoms with van der Waals surface area (Å²) in [5, 5.41) is 0. The number of halogens is 1. The van der Waals surface area contributed by atoms with Crippen molar-refractivity contribution in [1.82, 2.24) is 9.80 Å². The fourth-order valence-electron chi connectivity index (χ4n) is 4.13. The van der Waals surface area contributed by atoms with Gasteiger partial charge in [0.05, 0.1) is 13.2 Å². The van der Waals surface area contributed by atoms with Crippen LogP contribution in [0.3, 0.4) is 0 Å². The van der Waals surface area contributed by atoms with Gasteiger partial charge in [0, 0.05) is 39.1 Å². The van der Waals surface area contributed by atoms with E-state index < -0.39 is 0 Å². The molecule has 0 N–H and O–H groups in total. The van der Waals surface area contributed by atoms with Crippen molar-refractivity contribution >= 4 is 5.91 Å². The van der Waals surface area contributed by atoms with Crippen LogP contribution < -0.4 is 0 Å². The van der Waals surface area contributed by atoms with E-state index >= 15 is 0 Å². The van der Waals surface area contributed by atoms with Gasteiger partial charge in [0.1, 0.15) is 5.82 Å². The van der Waals surface area contributed by atoms with Crippen molar-refractivity contribution in [3.8, 4) is 0 Å². The van der Waals surface area contributed by atoms with Gasteiger partial charge in [0.2, 0.25) is 5.91 Å². The van der Waals surface area contributed by atoms with Crippen LogP contribution in [0.5, 0.6) is 0 Å². The summed E-state index contributed by atoms with van der Waals surface area (Å²) in [5.74, 6) is 0.948. The lowest BCUT2D eigenvalue weighted by atomic mass is 9.91. The second-order valence-electron chi connectivity index (χ2n) is 7.90. The van der Waals surface area contributed by atoms with E-state index in [2.05, 4.69) is 11.8 Å². The average molecular weight is 362 g/mol. The quantitative estimate of drug-likeness (QED) is 0.780. The first kappa shape index (κ1) is 19.3. The molecular weight excluding hydrogens is 331 g/mol. The minimum Gasteiger partial charge on any atom is -0.379 e. The number of carbonyl (C=O) groups excluding carboxylic acids is 1. The molecule has 2 heterocycles. The van der Waals surface area contributed by atoms with Gasteiger partial charge >= 0.3 is 0 Å². The van der Waals surface area contributed by atoms with Crippen molar-refractivity contribution in [1.29, 1.82) is 0 Å². The van der Waals surface area contributed by atoms with E-state index in [0.29, 0.717) is 18.3 Å². The highest BCUT2D eigenvalue weighted by Crippen LogP contribution is 2.22. The Bertz CT molecular complexity index is 572. The first-order valence-corrected chi connectivity index (χ1v) is 9.92. The molecule has 3 rings (SSSR count). The number of carbonyl (C=O) groups is 1. The van der Waals surface area contributed by atoms with Crippen LogP contribution in [0.15, 0.2) is 24.3 Å². The number of benzene rings is 1. The van der Waals surface area contributed by atoms with Crippen LogP contribution in [0.4, 0.5) is 4.39 Å². The van der Waals surface area contributed by atoms with Gasteiger partial charge in [-0.1, -0.05) is 19.1 Å². The average Bonchev–Trinajstić information content (AvgIpc) is 2.64. The van der Waals surface area contributed by atoms with E-state index in [9.17, 15) is 9.18 Å². The molecule has 5 heteroatoms. The largest absolute Gasteiger partial charge is 0.379 e. The summed E-state index contributed by atoms with van der Waals surface area (Å²) in [6.45, 7) is 8.42. The maximum absolute atomic E-state index is 13.1. The summed E-state index contributed by atoms with van der Waals surface area (Å²) >= 11 is 0. The lowest BCUT2D eigenvalue weighted by Gasteiger charge is -2.34. The summed E-state index contributed by atoms with van der Waals surface area (Å²) in [7, 11) is 0. The number of hydrogen-bond acceptors (Lipinski definition) is 3.